The van der Waals surface area contributed by atoms with Crippen LogP contribution in [0.15, 0.2) is 53.5 Å². The minimum absolute atomic E-state index is 0. The average molecular weight is 548 g/mol. The van der Waals surface area contributed by atoms with Gasteiger partial charge in [-0.3, -0.25) is 9.89 Å². The maximum atomic E-state index is 5.33. The van der Waals surface area contributed by atoms with Crippen LogP contribution in [0.1, 0.15) is 30.3 Å². The Morgan fingerprint density at radius 1 is 1.09 bits per heavy atom. The number of guanidine groups is 1. The van der Waals surface area contributed by atoms with Crippen molar-refractivity contribution in [2.75, 3.05) is 33.8 Å². The number of benzene rings is 2. The van der Waals surface area contributed by atoms with E-state index in [4.69, 9.17) is 9.72 Å². The molecule has 2 aromatic carbocycles. The number of rotatable bonds is 7. The van der Waals surface area contributed by atoms with Crippen LogP contribution in [0.2, 0.25) is 0 Å². The molecule has 3 aromatic rings. The number of fused-ring (bicyclic) bond motifs is 1. The van der Waals surface area contributed by atoms with Gasteiger partial charge in [-0.05, 0) is 55.8 Å². The molecule has 1 aliphatic heterocycles. The first kappa shape index (κ1) is 24.3. The Labute approximate surface area is 207 Å². The first-order chi connectivity index (χ1) is 15.2. The molecule has 0 radical (unpaired) electrons. The second kappa shape index (κ2) is 11.5. The number of aromatic nitrogens is 2. The molecule has 1 atom stereocenters. The zero-order chi connectivity index (χ0) is 21.6. The number of ether oxygens (including phenoxy) is 1. The van der Waals surface area contributed by atoms with E-state index in [1.807, 2.05) is 37.4 Å². The summed E-state index contributed by atoms with van der Waals surface area (Å²) in [6.45, 7) is 3.66. The third-order valence-corrected chi connectivity index (χ3v) is 6.06. The molecule has 0 saturated carbocycles. The van der Waals surface area contributed by atoms with Gasteiger partial charge in [0.15, 0.2) is 5.96 Å². The van der Waals surface area contributed by atoms with Crippen molar-refractivity contribution in [3.05, 3.63) is 59.9 Å². The summed E-state index contributed by atoms with van der Waals surface area (Å²) in [5.74, 6) is 2.65. The largest absolute Gasteiger partial charge is 0.497 e. The van der Waals surface area contributed by atoms with Crippen molar-refractivity contribution in [1.82, 2.24) is 25.1 Å². The van der Waals surface area contributed by atoms with E-state index in [9.17, 15) is 0 Å². The van der Waals surface area contributed by atoms with Crippen LogP contribution in [0.5, 0.6) is 5.75 Å². The summed E-state index contributed by atoms with van der Waals surface area (Å²) in [5, 5.41) is 6.95. The Morgan fingerprint density at radius 3 is 2.47 bits per heavy atom. The van der Waals surface area contributed by atoms with E-state index in [0.717, 1.165) is 48.2 Å². The summed E-state index contributed by atoms with van der Waals surface area (Å²) in [5.41, 5.74) is 3.44. The van der Waals surface area contributed by atoms with Gasteiger partial charge in [0.1, 0.15) is 11.6 Å². The van der Waals surface area contributed by atoms with Gasteiger partial charge in [0.25, 0.3) is 0 Å². The Balaban J connectivity index is 0.00000289. The fraction of sp³-hybridized carbons (Fsp3) is 0.417. The zero-order valence-electron chi connectivity index (χ0n) is 19.0. The number of halogens is 1. The van der Waals surface area contributed by atoms with Gasteiger partial charge in [0.05, 0.1) is 30.7 Å². The van der Waals surface area contributed by atoms with Crippen molar-refractivity contribution in [1.29, 1.82) is 0 Å². The van der Waals surface area contributed by atoms with Gasteiger partial charge >= 0.3 is 0 Å². The highest BCUT2D eigenvalue weighted by molar-refractivity contribution is 14.0. The number of aryl methyl sites for hydroxylation is 1. The second-order valence-electron chi connectivity index (χ2n) is 7.91. The van der Waals surface area contributed by atoms with Gasteiger partial charge in [-0.25, -0.2) is 4.98 Å². The Morgan fingerprint density at radius 2 is 1.81 bits per heavy atom. The van der Waals surface area contributed by atoms with Crippen molar-refractivity contribution in [2.24, 2.45) is 12.0 Å². The van der Waals surface area contributed by atoms with Crippen LogP contribution in [0, 0.1) is 0 Å². The first-order valence-corrected chi connectivity index (χ1v) is 10.9. The van der Waals surface area contributed by atoms with Crippen LogP contribution in [0.3, 0.4) is 0 Å². The number of para-hydroxylation sites is 2. The molecule has 1 unspecified atom stereocenters. The number of methoxy groups -OCH3 is 1. The quantitative estimate of drug-likeness (QED) is 0.268. The van der Waals surface area contributed by atoms with Crippen molar-refractivity contribution in [2.45, 2.75) is 25.4 Å². The molecular formula is C24H33IN6O. The van der Waals surface area contributed by atoms with Crippen molar-refractivity contribution >= 4 is 41.0 Å². The summed E-state index contributed by atoms with van der Waals surface area (Å²) in [7, 11) is 5.56. The molecule has 0 spiro atoms. The van der Waals surface area contributed by atoms with E-state index in [0.29, 0.717) is 12.6 Å². The Kier molecular flexibility index (Phi) is 8.75. The highest BCUT2D eigenvalue weighted by Gasteiger charge is 2.23. The lowest BCUT2D eigenvalue weighted by Gasteiger charge is -2.29. The second-order valence-corrected chi connectivity index (χ2v) is 7.91. The number of hydrogen-bond acceptors (Lipinski definition) is 4. The van der Waals surface area contributed by atoms with E-state index in [-0.39, 0.29) is 24.0 Å². The molecule has 8 heteroatoms. The monoisotopic (exact) mass is 548 g/mol. The SMILES string of the molecule is CN=C(NCc1nc2ccccc2n1C)NCC(c1ccc(OC)cc1)N1CCCC1.I. The third-order valence-electron chi connectivity index (χ3n) is 6.06. The fourth-order valence-electron chi connectivity index (χ4n) is 4.27. The van der Waals surface area contributed by atoms with Crippen molar-refractivity contribution < 1.29 is 4.74 Å². The van der Waals surface area contributed by atoms with Crippen LogP contribution < -0.4 is 15.4 Å². The number of hydrogen-bond donors (Lipinski definition) is 2. The lowest BCUT2D eigenvalue weighted by Crippen LogP contribution is -2.42. The van der Waals surface area contributed by atoms with Gasteiger partial charge in [-0.15, -0.1) is 24.0 Å². The van der Waals surface area contributed by atoms with Gasteiger partial charge in [0.2, 0.25) is 0 Å². The minimum atomic E-state index is 0. The van der Waals surface area contributed by atoms with Gasteiger partial charge in [-0.2, -0.15) is 0 Å². The molecule has 1 fully saturated rings. The third kappa shape index (κ3) is 5.53. The number of imidazole rings is 1. The molecule has 0 bridgehead atoms. The summed E-state index contributed by atoms with van der Waals surface area (Å²) >= 11 is 0. The minimum Gasteiger partial charge on any atom is -0.497 e. The van der Waals surface area contributed by atoms with Crippen molar-refractivity contribution in [3.63, 3.8) is 0 Å². The Hall–Kier alpha value is -2.33. The standard InChI is InChI=1S/C24H32N6O.HI/c1-25-24(27-17-23-28-20-8-4-5-9-21(20)29(23)2)26-16-22(30-14-6-7-15-30)18-10-12-19(31-3)13-11-18;/h4-5,8-13,22H,6-7,14-17H2,1-3H3,(H2,25,26,27);1H. The predicted octanol–water partition coefficient (Wildman–Crippen LogP) is 3.70. The molecule has 172 valence electrons. The maximum absolute atomic E-state index is 5.33. The topological polar surface area (TPSA) is 66.7 Å². The Bertz CT molecular complexity index is 1030. The van der Waals surface area contributed by atoms with E-state index < -0.39 is 0 Å². The number of nitrogens with one attached hydrogen (secondary N) is 2. The van der Waals surface area contributed by atoms with Crippen LogP contribution in [-0.2, 0) is 13.6 Å². The lowest BCUT2D eigenvalue weighted by molar-refractivity contribution is 0.245. The molecule has 2 N–H and O–H groups in total. The number of likely N-dealkylation sites (tertiary alicyclic amines) is 1. The number of nitrogens with zero attached hydrogens (tertiary/aromatic N) is 4. The molecule has 1 aromatic heterocycles. The van der Waals surface area contributed by atoms with Crippen molar-refractivity contribution in [3.8, 4) is 5.75 Å². The molecule has 2 heterocycles. The smallest absolute Gasteiger partial charge is 0.191 e. The van der Waals surface area contributed by atoms with E-state index in [2.05, 4.69) is 50.3 Å². The molecule has 1 saturated heterocycles. The fourth-order valence-corrected chi connectivity index (χ4v) is 4.27. The molecule has 1 aliphatic rings. The summed E-state index contributed by atoms with van der Waals surface area (Å²) in [6.07, 6.45) is 2.51. The molecule has 0 amide bonds. The van der Waals surface area contributed by atoms with E-state index >= 15 is 0 Å². The predicted molar refractivity (Wildman–Crippen MR) is 141 cm³/mol. The van der Waals surface area contributed by atoms with Crippen LogP contribution in [-0.4, -0.2) is 54.2 Å². The van der Waals surface area contributed by atoms with E-state index in [1.54, 1.807) is 7.11 Å². The molecular weight excluding hydrogens is 515 g/mol. The lowest BCUT2D eigenvalue weighted by atomic mass is 10.1. The molecule has 32 heavy (non-hydrogen) atoms. The van der Waals surface area contributed by atoms with Gasteiger partial charge in [0, 0.05) is 20.6 Å². The summed E-state index contributed by atoms with van der Waals surface area (Å²) in [4.78, 5) is 11.7. The van der Waals surface area contributed by atoms with Gasteiger partial charge < -0.3 is 19.9 Å². The zero-order valence-corrected chi connectivity index (χ0v) is 21.4. The summed E-state index contributed by atoms with van der Waals surface area (Å²) in [6, 6.07) is 16.9. The normalized spacial score (nSPS) is 15.4. The van der Waals surface area contributed by atoms with Gasteiger partial charge in [-0.1, -0.05) is 24.3 Å². The highest BCUT2D eigenvalue weighted by atomic mass is 127. The maximum Gasteiger partial charge on any atom is 0.191 e. The molecule has 4 rings (SSSR count). The summed E-state index contributed by atoms with van der Waals surface area (Å²) < 4.78 is 7.45. The number of aliphatic imine (C=N–C) groups is 1. The van der Waals surface area contributed by atoms with E-state index in [1.165, 1.54) is 18.4 Å². The highest BCUT2D eigenvalue weighted by Crippen LogP contribution is 2.26. The van der Waals surface area contributed by atoms with Crippen LogP contribution >= 0.6 is 24.0 Å². The van der Waals surface area contributed by atoms with Crippen LogP contribution in [0.25, 0.3) is 11.0 Å². The van der Waals surface area contributed by atoms with Crippen LogP contribution in [0.4, 0.5) is 0 Å². The first-order valence-electron chi connectivity index (χ1n) is 10.9. The average Bonchev–Trinajstić information content (AvgIpc) is 3.45. The molecule has 7 nitrogen and oxygen atoms in total. The molecule has 0 aliphatic carbocycles.